The predicted molar refractivity (Wildman–Crippen MR) is 74.4 cm³/mol. The molecular weight excluding hydrogens is 258 g/mol. The molecule has 0 bridgehead atoms. The molecule has 6 heteroatoms. The normalized spacial score (nSPS) is 12.7. The summed E-state index contributed by atoms with van der Waals surface area (Å²) in [4.78, 5) is 6.35. The van der Waals surface area contributed by atoms with Crippen molar-refractivity contribution in [2.24, 2.45) is 0 Å². The molecule has 0 saturated carbocycles. The van der Waals surface area contributed by atoms with Gasteiger partial charge < -0.3 is 14.4 Å². The Hall–Kier alpha value is -1.92. The fraction of sp³-hybridized carbons (Fsp3) is 0.429. The smallest absolute Gasteiger partial charge is 0.244 e. The van der Waals surface area contributed by atoms with Crippen LogP contribution in [-0.2, 0) is 0 Å². The highest BCUT2D eigenvalue weighted by atomic mass is 16.5. The number of likely N-dealkylation sites (N-methyl/N-ethyl adjacent to an activating group) is 1. The lowest BCUT2D eigenvalue weighted by Gasteiger charge is -2.19. The summed E-state index contributed by atoms with van der Waals surface area (Å²) in [6.07, 6.45) is 0. The average Bonchev–Trinajstić information content (AvgIpc) is 2.96. The molecule has 0 aliphatic rings. The van der Waals surface area contributed by atoms with Crippen LogP contribution in [0.25, 0.3) is 11.4 Å². The molecule has 2 aromatic rings. The van der Waals surface area contributed by atoms with Gasteiger partial charge in [-0.15, -0.1) is 0 Å². The Morgan fingerprint density at radius 1 is 1.35 bits per heavy atom. The first-order valence-electron chi connectivity index (χ1n) is 6.45. The Morgan fingerprint density at radius 3 is 2.65 bits per heavy atom. The molecule has 1 heterocycles. The molecular formula is C14H19N3O3. The van der Waals surface area contributed by atoms with Gasteiger partial charge in [0.1, 0.15) is 5.75 Å². The maximum Gasteiger partial charge on any atom is 0.244 e. The van der Waals surface area contributed by atoms with Crippen molar-refractivity contribution in [3.8, 4) is 17.1 Å². The summed E-state index contributed by atoms with van der Waals surface area (Å²) >= 11 is 0. The lowest BCUT2D eigenvalue weighted by atomic mass is 10.2. The molecule has 0 aliphatic carbocycles. The van der Waals surface area contributed by atoms with E-state index in [2.05, 4.69) is 10.1 Å². The van der Waals surface area contributed by atoms with Crippen molar-refractivity contribution in [3.05, 3.63) is 30.2 Å². The van der Waals surface area contributed by atoms with Gasteiger partial charge in [-0.25, -0.2) is 0 Å². The van der Waals surface area contributed by atoms with E-state index in [0.717, 1.165) is 11.3 Å². The number of hydrogen-bond donors (Lipinski definition) is 1. The van der Waals surface area contributed by atoms with Crippen molar-refractivity contribution in [2.45, 2.75) is 13.0 Å². The second kappa shape index (κ2) is 6.49. The van der Waals surface area contributed by atoms with Crippen LogP contribution in [-0.4, -0.2) is 47.5 Å². The van der Waals surface area contributed by atoms with E-state index in [1.165, 1.54) is 0 Å². The van der Waals surface area contributed by atoms with E-state index in [1.807, 2.05) is 43.1 Å². The first kappa shape index (κ1) is 14.5. The van der Waals surface area contributed by atoms with E-state index in [0.29, 0.717) is 18.3 Å². The van der Waals surface area contributed by atoms with Gasteiger partial charge in [0.25, 0.3) is 0 Å². The minimum absolute atomic E-state index is 0.0401. The Balaban J connectivity index is 2.15. The van der Waals surface area contributed by atoms with Crippen molar-refractivity contribution >= 4 is 0 Å². The molecule has 0 saturated heterocycles. The molecule has 0 spiro atoms. The van der Waals surface area contributed by atoms with Gasteiger partial charge in [-0.05, 0) is 38.2 Å². The van der Waals surface area contributed by atoms with E-state index >= 15 is 0 Å². The average molecular weight is 277 g/mol. The van der Waals surface area contributed by atoms with E-state index in [4.69, 9.17) is 14.4 Å². The van der Waals surface area contributed by atoms with Crippen LogP contribution in [0.15, 0.2) is 28.8 Å². The zero-order valence-corrected chi connectivity index (χ0v) is 11.9. The summed E-state index contributed by atoms with van der Waals surface area (Å²) in [5.41, 5.74) is 0.873. The molecule has 0 fully saturated rings. The molecule has 0 aliphatic heterocycles. The minimum atomic E-state index is -0.0401. The van der Waals surface area contributed by atoms with Crippen molar-refractivity contribution in [3.63, 3.8) is 0 Å². The summed E-state index contributed by atoms with van der Waals surface area (Å²) in [6.45, 7) is 2.61. The second-order valence-electron chi connectivity index (χ2n) is 4.56. The Morgan fingerprint density at radius 2 is 2.05 bits per heavy atom. The van der Waals surface area contributed by atoms with Gasteiger partial charge in [0.2, 0.25) is 11.7 Å². The molecule has 1 N–H and O–H groups in total. The van der Waals surface area contributed by atoms with Gasteiger partial charge in [-0.2, -0.15) is 4.98 Å². The summed E-state index contributed by atoms with van der Waals surface area (Å²) < 4.78 is 10.4. The van der Waals surface area contributed by atoms with Crippen LogP contribution in [0.2, 0.25) is 0 Å². The standard InChI is InChI=1S/C14H19N3O3/c1-10(17(2)8-9-18)14-15-13(16-20-14)11-4-6-12(19-3)7-5-11/h4-7,10,18H,8-9H2,1-3H3. The molecule has 108 valence electrons. The molecule has 0 amide bonds. The fourth-order valence-corrected chi connectivity index (χ4v) is 1.80. The van der Waals surface area contributed by atoms with Crippen LogP contribution >= 0.6 is 0 Å². The van der Waals surface area contributed by atoms with Crippen LogP contribution in [0.5, 0.6) is 5.75 Å². The van der Waals surface area contributed by atoms with Crippen LogP contribution in [0.4, 0.5) is 0 Å². The van der Waals surface area contributed by atoms with E-state index < -0.39 is 0 Å². The predicted octanol–water partition coefficient (Wildman–Crippen LogP) is 1.73. The highest BCUT2D eigenvalue weighted by molar-refractivity contribution is 5.55. The number of nitrogens with zero attached hydrogens (tertiary/aromatic N) is 3. The lowest BCUT2D eigenvalue weighted by Crippen LogP contribution is -2.25. The zero-order chi connectivity index (χ0) is 14.5. The van der Waals surface area contributed by atoms with Crippen LogP contribution in [0.1, 0.15) is 18.9 Å². The number of hydrogen-bond acceptors (Lipinski definition) is 6. The molecule has 1 aromatic heterocycles. The number of aromatic nitrogens is 2. The third-order valence-corrected chi connectivity index (χ3v) is 3.26. The molecule has 1 atom stereocenters. The third-order valence-electron chi connectivity index (χ3n) is 3.26. The molecule has 6 nitrogen and oxygen atoms in total. The van der Waals surface area contributed by atoms with Gasteiger partial charge in [0, 0.05) is 12.1 Å². The summed E-state index contributed by atoms with van der Waals surface area (Å²) in [7, 11) is 3.53. The highest BCUT2D eigenvalue weighted by Crippen LogP contribution is 2.23. The number of methoxy groups -OCH3 is 1. The maximum absolute atomic E-state index is 8.94. The summed E-state index contributed by atoms with van der Waals surface area (Å²) in [5, 5.41) is 12.9. The topological polar surface area (TPSA) is 71.6 Å². The SMILES string of the molecule is COc1ccc(-c2noc(C(C)N(C)CCO)n2)cc1. The van der Waals surface area contributed by atoms with Crippen molar-refractivity contribution in [2.75, 3.05) is 27.3 Å². The number of ether oxygens (including phenoxy) is 1. The van der Waals surface area contributed by atoms with Crippen LogP contribution in [0, 0.1) is 0 Å². The zero-order valence-electron chi connectivity index (χ0n) is 11.9. The number of aliphatic hydroxyl groups excluding tert-OH is 1. The Labute approximate surface area is 118 Å². The Bertz CT molecular complexity index is 539. The number of aliphatic hydroxyl groups is 1. The first-order chi connectivity index (χ1) is 9.65. The summed E-state index contributed by atoms with van der Waals surface area (Å²) in [5.74, 6) is 1.87. The number of benzene rings is 1. The van der Waals surface area contributed by atoms with Crippen molar-refractivity contribution in [1.82, 2.24) is 15.0 Å². The van der Waals surface area contributed by atoms with E-state index in [1.54, 1.807) is 7.11 Å². The molecule has 20 heavy (non-hydrogen) atoms. The maximum atomic E-state index is 8.94. The molecule has 1 aromatic carbocycles. The van der Waals surface area contributed by atoms with Crippen molar-refractivity contribution < 1.29 is 14.4 Å². The van der Waals surface area contributed by atoms with E-state index in [-0.39, 0.29) is 12.6 Å². The molecule has 2 rings (SSSR count). The highest BCUT2D eigenvalue weighted by Gasteiger charge is 2.18. The number of rotatable bonds is 6. The van der Waals surface area contributed by atoms with Crippen molar-refractivity contribution in [1.29, 1.82) is 0 Å². The third kappa shape index (κ3) is 3.15. The fourth-order valence-electron chi connectivity index (χ4n) is 1.80. The van der Waals surface area contributed by atoms with Gasteiger partial charge in [0.15, 0.2) is 0 Å². The largest absolute Gasteiger partial charge is 0.497 e. The Kier molecular flexibility index (Phi) is 4.70. The van der Waals surface area contributed by atoms with E-state index in [9.17, 15) is 0 Å². The van der Waals surface area contributed by atoms with Gasteiger partial charge in [-0.3, -0.25) is 4.90 Å². The molecule has 0 radical (unpaired) electrons. The second-order valence-corrected chi connectivity index (χ2v) is 4.56. The lowest BCUT2D eigenvalue weighted by molar-refractivity contribution is 0.165. The quantitative estimate of drug-likeness (QED) is 0.867. The monoisotopic (exact) mass is 277 g/mol. The van der Waals surface area contributed by atoms with Gasteiger partial charge in [-0.1, -0.05) is 5.16 Å². The minimum Gasteiger partial charge on any atom is -0.497 e. The first-order valence-corrected chi connectivity index (χ1v) is 6.45. The van der Waals surface area contributed by atoms with Gasteiger partial charge in [0.05, 0.1) is 19.8 Å². The summed E-state index contributed by atoms with van der Waals surface area (Å²) in [6, 6.07) is 7.44. The van der Waals surface area contributed by atoms with Crippen LogP contribution in [0.3, 0.4) is 0 Å². The van der Waals surface area contributed by atoms with Gasteiger partial charge >= 0.3 is 0 Å². The van der Waals surface area contributed by atoms with Crippen LogP contribution < -0.4 is 4.74 Å². The molecule has 1 unspecified atom stereocenters.